The van der Waals surface area contributed by atoms with Crippen molar-refractivity contribution in [1.82, 2.24) is 0 Å². The van der Waals surface area contributed by atoms with E-state index in [2.05, 4.69) is 11.8 Å². The third kappa shape index (κ3) is 8.11. The molecule has 0 fully saturated rings. The minimum Gasteiger partial charge on any atom is -0.481 e. The summed E-state index contributed by atoms with van der Waals surface area (Å²) in [7, 11) is 0. The first kappa shape index (κ1) is 20.9. The van der Waals surface area contributed by atoms with E-state index in [0.29, 0.717) is 5.56 Å². The van der Waals surface area contributed by atoms with Crippen LogP contribution in [0.5, 0.6) is 0 Å². The fourth-order valence-electron chi connectivity index (χ4n) is 1.73. The lowest BCUT2D eigenvalue weighted by Crippen LogP contribution is -2.23. The normalized spacial score (nSPS) is 11.5. The number of aliphatic carboxylic acids is 1. The molecule has 1 atom stereocenters. The zero-order valence-electron chi connectivity index (χ0n) is 14.8. The van der Waals surface area contributed by atoms with Crippen LogP contribution in [0.3, 0.4) is 0 Å². The Morgan fingerprint density at radius 3 is 2.23 bits per heavy atom. The number of carboxylic acids is 1. The van der Waals surface area contributed by atoms with Crippen LogP contribution in [0.15, 0.2) is 30.3 Å². The van der Waals surface area contributed by atoms with Crippen molar-refractivity contribution in [2.75, 3.05) is 0 Å². The maximum atomic E-state index is 11.9. The highest BCUT2D eigenvalue weighted by Gasteiger charge is 2.22. The van der Waals surface area contributed by atoms with Crippen molar-refractivity contribution in [1.29, 1.82) is 0 Å². The smallest absolute Gasteiger partial charge is 0.385 e. The van der Waals surface area contributed by atoms with E-state index >= 15 is 0 Å². The van der Waals surface area contributed by atoms with Gasteiger partial charge < -0.3 is 14.6 Å². The van der Waals surface area contributed by atoms with E-state index in [1.807, 2.05) is 0 Å². The van der Waals surface area contributed by atoms with Crippen LogP contribution in [0.4, 0.5) is 0 Å². The molecule has 0 amide bonds. The number of ether oxygens (including phenoxy) is 2. The third-order valence-corrected chi connectivity index (χ3v) is 2.83. The van der Waals surface area contributed by atoms with Crippen LogP contribution < -0.4 is 0 Å². The highest BCUT2D eigenvalue weighted by molar-refractivity contribution is 6.33. The topological polar surface area (TPSA) is 107 Å². The molecule has 0 aromatic heterocycles. The Bertz CT molecular complexity index is 733. The van der Waals surface area contributed by atoms with Crippen LogP contribution in [0.1, 0.15) is 45.3 Å². The number of rotatable bonds is 6. The van der Waals surface area contributed by atoms with Gasteiger partial charge in [-0.15, -0.1) is 0 Å². The quantitative estimate of drug-likeness (QED) is 0.358. The number of hydrogen-bond acceptors (Lipinski definition) is 6. The Labute approximate surface area is 151 Å². The first-order valence-electron chi connectivity index (χ1n) is 7.83. The van der Waals surface area contributed by atoms with E-state index in [4.69, 9.17) is 14.6 Å². The van der Waals surface area contributed by atoms with Gasteiger partial charge in [-0.1, -0.05) is 30.3 Å². The van der Waals surface area contributed by atoms with Crippen molar-refractivity contribution < 1.29 is 33.8 Å². The van der Waals surface area contributed by atoms with Crippen molar-refractivity contribution in [3.63, 3.8) is 0 Å². The van der Waals surface area contributed by atoms with Crippen LogP contribution in [-0.2, 0) is 28.7 Å². The molecule has 0 heterocycles. The predicted molar refractivity (Wildman–Crippen MR) is 90.8 cm³/mol. The number of carboxylic acid groups (broad SMARTS) is 1. The lowest BCUT2D eigenvalue weighted by molar-refractivity contribution is -0.156. The van der Waals surface area contributed by atoms with Crippen molar-refractivity contribution in [2.45, 2.75) is 45.3 Å². The van der Waals surface area contributed by atoms with E-state index < -0.39 is 48.2 Å². The highest BCUT2D eigenvalue weighted by Crippen LogP contribution is 2.17. The number of carbonyl (C=O) groups is 4. The lowest BCUT2D eigenvalue weighted by Gasteiger charge is -2.17. The molecule has 1 unspecified atom stereocenters. The summed E-state index contributed by atoms with van der Waals surface area (Å²) in [5.74, 6) is 0.525. The minimum atomic E-state index is -1.21. The molecule has 0 bridgehead atoms. The van der Waals surface area contributed by atoms with Crippen LogP contribution >= 0.6 is 0 Å². The molecule has 1 aromatic carbocycles. The molecule has 0 saturated heterocycles. The standard InChI is InChI=1S/C19H20O7/c1-19(2,3)26-17(23)12-10-15(13-7-5-4-6-8-13)25-18(24)14(20)9-11-16(21)22/h4-8,15H,9,11H2,1-3H3,(H,21,22). The van der Waals surface area contributed by atoms with E-state index in [-0.39, 0.29) is 0 Å². The zero-order valence-corrected chi connectivity index (χ0v) is 14.8. The minimum absolute atomic E-state index is 0.461. The van der Waals surface area contributed by atoms with Gasteiger partial charge in [-0.25, -0.2) is 9.59 Å². The van der Waals surface area contributed by atoms with Gasteiger partial charge in [-0.3, -0.25) is 9.59 Å². The number of esters is 2. The van der Waals surface area contributed by atoms with Crippen molar-refractivity contribution in [3.05, 3.63) is 35.9 Å². The van der Waals surface area contributed by atoms with Crippen LogP contribution in [0, 0.1) is 11.8 Å². The molecule has 0 spiro atoms. The van der Waals surface area contributed by atoms with Gasteiger partial charge in [0.05, 0.1) is 6.42 Å². The van der Waals surface area contributed by atoms with Gasteiger partial charge in [0.15, 0.2) is 6.10 Å². The second kappa shape index (κ2) is 9.37. The molecule has 138 valence electrons. The predicted octanol–water partition coefficient (Wildman–Crippen LogP) is 2.05. The molecule has 7 nitrogen and oxygen atoms in total. The largest absolute Gasteiger partial charge is 0.481 e. The second-order valence-corrected chi connectivity index (χ2v) is 6.28. The van der Waals surface area contributed by atoms with Gasteiger partial charge in [0, 0.05) is 17.9 Å². The first-order valence-corrected chi connectivity index (χ1v) is 7.83. The number of ketones is 1. The van der Waals surface area contributed by atoms with E-state index in [9.17, 15) is 19.2 Å². The van der Waals surface area contributed by atoms with E-state index in [1.54, 1.807) is 51.1 Å². The lowest BCUT2D eigenvalue weighted by atomic mass is 10.1. The highest BCUT2D eigenvalue weighted by atomic mass is 16.6. The Morgan fingerprint density at radius 1 is 1.08 bits per heavy atom. The van der Waals surface area contributed by atoms with E-state index in [0.717, 1.165) is 0 Å². The maximum absolute atomic E-state index is 11.9. The summed E-state index contributed by atoms with van der Waals surface area (Å²) in [5.41, 5.74) is -0.264. The molecule has 1 aromatic rings. The molecule has 1 N–H and O–H groups in total. The number of benzene rings is 1. The molecule has 26 heavy (non-hydrogen) atoms. The molecule has 0 saturated carbocycles. The second-order valence-electron chi connectivity index (χ2n) is 6.28. The van der Waals surface area contributed by atoms with Crippen LogP contribution in [-0.4, -0.2) is 34.4 Å². The number of hydrogen-bond donors (Lipinski definition) is 1. The summed E-state index contributed by atoms with van der Waals surface area (Å²) in [4.78, 5) is 45.7. The van der Waals surface area contributed by atoms with Gasteiger partial charge in [0.25, 0.3) is 0 Å². The summed E-state index contributed by atoms with van der Waals surface area (Å²) in [6.07, 6.45) is -2.12. The summed E-state index contributed by atoms with van der Waals surface area (Å²) in [5, 5.41) is 8.56. The SMILES string of the molecule is CC(C)(C)OC(=O)C#CC(OC(=O)C(=O)CCC(=O)O)c1ccccc1. The number of carbonyl (C=O) groups excluding carboxylic acids is 3. The average molecular weight is 360 g/mol. The molecule has 0 aliphatic heterocycles. The average Bonchev–Trinajstić information content (AvgIpc) is 2.55. The molecule has 1 rings (SSSR count). The van der Waals surface area contributed by atoms with Gasteiger partial charge in [-0.2, -0.15) is 0 Å². The molecular formula is C19H20O7. The Hall–Kier alpha value is -3.14. The van der Waals surface area contributed by atoms with Gasteiger partial charge in [-0.05, 0) is 26.7 Å². The Morgan fingerprint density at radius 2 is 1.69 bits per heavy atom. The summed E-state index contributed by atoms with van der Waals surface area (Å²) in [6.45, 7) is 5.05. The summed E-state index contributed by atoms with van der Waals surface area (Å²) < 4.78 is 10.1. The van der Waals surface area contributed by atoms with Crippen molar-refractivity contribution in [3.8, 4) is 11.8 Å². The van der Waals surface area contributed by atoms with Crippen LogP contribution in [0.2, 0.25) is 0 Å². The summed E-state index contributed by atoms with van der Waals surface area (Å²) in [6, 6.07) is 8.32. The Balaban J connectivity index is 2.91. The first-order chi connectivity index (χ1) is 12.1. The fourth-order valence-corrected chi connectivity index (χ4v) is 1.73. The third-order valence-electron chi connectivity index (χ3n) is 2.83. The summed E-state index contributed by atoms with van der Waals surface area (Å²) >= 11 is 0. The molecular weight excluding hydrogens is 340 g/mol. The molecule has 7 heteroatoms. The maximum Gasteiger partial charge on any atom is 0.385 e. The van der Waals surface area contributed by atoms with Gasteiger partial charge >= 0.3 is 17.9 Å². The van der Waals surface area contributed by atoms with Gasteiger partial charge in [0.2, 0.25) is 5.78 Å². The van der Waals surface area contributed by atoms with Gasteiger partial charge in [0.1, 0.15) is 5.60 Å². The molecule has 0 aliphatic rings. The zero-order chi connectivity index (χ0) is 19.7. The number of Topliss-reactive ketones (excluding diaryl/α,β-unsaturated/α-hetero) is 1. The van der Waals surface area contributed by atoms with Crippen LogP contribution in [0.25, 0.3) is 0 Å². The Kier molecular flexibility index (Phi) is 7.53. The molecule has 0 aliphatic carbocycles. The molecule has 0 radical (unpaired) electrons. The monoisotopic (exact) mass is 360 g/mol. The van der Waals surface area contributed by atoms with E-state index in [1.165, 1.54) is 0 Å². The van der Waals surface area contributed by atoms with Crippen molar-refractivity contribution >= 4 is 23.7 Å². The fraction of sp³-hybridized carbons (Fsp3) is 0.368. The van der Waals surface area contributed by atoms with Crippen molar-refractivity contribution in [2.24, 2.45) is 0 Å².